The molecule has 0 bridgehead atoms. The summed E-state index contributed by atoms with van der Waals surface area (Å²) >= 11 is 1.96. The second-order valence-corrected chi connectivity index (χ2v) is 7.40. The maximum atomic E-state index is 11.9. The van der Waals surface area contributed by atoms with Crippen LogP contribution in [-0.2, 0) is 14.8 Å². The number of primary sulfonamides is 1. The van der Waals surface area contributed by atoms with Gasteiger partial charge in [-0.3, -0.25) is 4.79 Å². The molecule has 1 unspecified atom stereocenters. The SMILES string of the molecule is NS(=O)(=O)C1CC(=O)N(c2cc(C(=O)O)ccc2I)C1. The number of amides is 1. The second kappa shape index (κ2) is 5.30. The predicted molar refractivity (Wildman–Crippen MR) is 80.0 cm³/mol. The number of hydrogen-bond donors (Lipinski definition) is 2. The number of carbonyl (C=O) groups excluding carboxylic acids is 1. The Balaban J connectivity index is 2.40. The molecule has 2 rings (SSSR count). The van der Waals surface area contributed by atoms with E-state index in [1.807, 2.05) is 22.6 Å². The number of rotatable bonds is 3. The van der Waals surface area contributed by atoms with Gasteiger partial charge in [-0.25, -0.2) is 18.4 Å². The molecule has 20 heavy (non-hydrogen) atoms. The first-order valence-electron chi connectivity index (χ1n) is 5.55. The highest BCUT2D eigenvalue weighted by atomic mass is 127. The van der Waals surface area contributed by atoms with Gasteiger partial charge in [0.05, 0.1) is 11.3 Å². The molecule has 1 aromatic carbocycles. The third kappa shape index (κ3) is 2.94. The fraction of sp³-hybridized carbons (Fsp3) is 0.273. The summed E-state index contributed by atoms with van der Waals surface area (Å²) < 4.78 is 23.3. The molecular weight excluding hydrogens is 399 g/mol. The van der Waals surface area contributed by atoms with E-state index in [0.717, 1.165) is 0 Å². The highest BCUT2D eigenvalue weighted by Crippen LogP contribution is 2.29. The van der Waals surface area contributed by atoms with Gasteiger partial charge in [0.15, 0.2) is 0 Å². The molecule has 1 aromatic rings. The molecule has 1 saturated heterocycles. The molecule has 1 atom stereocenters. The Morgan fingerprint density at radius 1 is 1.45 bits per heavy atom. The van der Waals surface area contributed by atoms with E-state index in [9.17, 15) is 18.0 Å². The molecule has 9 heteroatoms. The average Bonchev–Trinajstić information content (AvgIpc) is 2.71. The Morgan fingerprint density at radius 3 is 2.60 bits per heavy atom. The lowest BCUT2D eigenvalue weighted by atomic mass is 10.2. The lowest BCUT2D eigenvalue weighted by Crippen LogP contribution is -2.32. The summed E-state index contributed by atoms with van der Waals surface area (Å²) in [6.07, 6.45) is -0.188. The Bertz CT molecular complexity index is 688. The van der Waals surface area contributed by atoms with Crippen molar-refractivity contribution in [2.45, 2.75) is 11.7 Å². The van der Waals surface area contributed by atoms with Crippen molar-refractivity contribution in [3.63, 3.8) is 0 Å². The van der Waals surface area contributed by atoms with Crippen LogP contribution in [0.3, 0.4) is 0 Å². The monoisotopic (exact) mass is 410 g/mol. The molecule has 1 fully saturated rings. The fourth-order valence-electron chi connectivity index (χ4n) is 1.98. The standard InChI is InChI=1S/C11H11IN2O5S/c12-8-2-1-6(11(16)17)3-9(8)14-5-7(4-10(14)15)20(13,18)19/h1-3,7H,4-5H2,(H,16,17)(H2,13,18,19). The first-order chi connectivity index (χ1) is 9.20. The fourth-order valence-corrected chi connectivity index (χ4v) is 3.34. The van der Waals surface area contributed by atoms with Gasteiger partial charge < -0.3 is 10.0 Å². The number of sulfonamides is 1. The van der Waals surface area contributed by atoms with Crippen LogP contribution in [0.5, 0.6) is 0 Å². The van der Waals surface area contributed by atoms with E-state index in [-0.39, 0.29) is 24.4 Å². The topological polar surface area (TPSA) is 118 Å². The van der Waals surface area contributed by atoms with Gasteiger partial charge in [-0.1, -0.05) is 0 Å². The summed E-state index contributed by atoms with van der Waals surface area (Å²) in [6, 6.07) is 4.34. The minimum absolute atomic E-state index is 0.0345. The molecule has 0 aliphatic carbocycles. The largest absolute Gasteiger partial charge is 0.478 e. The number of nitrogens with two attached hydrogens (primary N) is 1. The smallest absolute Gasteiger partial charge is 0.335 e. The van der Waals surface area contributed by atoms with E-state index in [2.05, 4.69) is 0 Å². The Hall–Kier alpha value is -1.20. The van der Waals surface area contributed by atoms with Crippen LogP contribution in [0.25, 0.3) is 0 Å². The van der Waals surface area contributed by atoms with Gasteiger partial charge in [0.1, 0.15) is 5.25 Å². The zero-order chi connectivity index (χ0) is 15.1. The summed E-state index contributed by atoms with van der Waals surface area (Å²) in [5, 5.41) is 13.1. The number of aromatic carboxylic acids is 1. The van der Waals surface area contributed by atoms with Gasteiger partial charge in [-0.05, 0) is 40.8 Å². The van der Waals surface area contributed by atoms with Crippen LogP contribution in [0, 0.1) is 3.57 Å². The number of carbonyl (C=O) groups is 2. The predicted octanol–water partition coefficient (Wildman–Crippen LogP) is 0.383. The first kappa shape index (κ1) is 15.2. The van der Waals surface area contributed by atoms with Crippen LogP contribution in [0.15, 0.2) is 18.2 Å². The Morgan fingerprint density at radius 2 is 2.10 bits per heavy atom. The van der Waals surface area contributed by atoms with Crippen molar-refractivity contribution in [1.29, 1.82) is 0 Å². The molecule has 1 aliphatic rings. The van der Waals surface area contributed by atoms with Crippen LogP contribution in [0.4, 0.5) is 5.69 Å². The summed E-state index contributed by atoms with van der Waals surface area (Å²) in [5.74, 6) is -1.50. The van der Waals surface area contributed by atoms with Gasteiger partial charge in [-0.2, -0.15) is 0 Å². The number of benzene rings is 1. The van der Waals surface area contributed by atoms with Crippen LogP contribution in [0.2, 0.25) is 0 Å². The van der Waals surface area contributed by atoms with E-state index >= 15 is 0 Å². The third-order valence-corrected chi connectivity index (χ3v) is 5.20. The number of nitrogens with zero attached hydrogens (tertiary/aromatic N) is 1. The molecule has 3 N–H and O–H groups in total. The molecule has 7 nitrogen and oxygen atoms in total. The summed E-state index contributed by atoms with van der Waals surface area (Å²) in [6.45, 7) is -0.0588. The quantitative estimate of drug-likeness (QED) is 0.699. The van der Waals surface area contributed by atoms with Crippen LogP contribution in [0.1, 0.15) is 16.8 Å². The van der Waals surface area contributed by atoms with Gasteiger partial charge >= 0.3 is 5.97 Å². The minimum Gasteiger partial charge on any atom is -0.478 e. The van der Waals surface area contributed by atoms with Crippen molar-refractivity contribution in [1.82, 2.24) is 0 Å². The maximum Gasteiger partial charge on any atom is 0.335 e. The lowest BCUT2D eigenvalue weighted by Gasteiger charge is -2.18. The van der Waals surface area contributed by atoms with Gasteiger partial charge in [0.25, 0.3) is 0 Å². The van der Waals surface area contributed by atoms with Gasteiger partial charge in [0.2, 0.25) is 15.9 Å². The molecule has 108 valence electrons. The summed E-state index contributed by atoms with van der Waals surface area (Å²) in [5.41, 5.74) is 0.425. The number of anilines is 1. The first-order valence-corrected chi connectivity index (χ1v) is 8.24. The van der Waals surface area contributed by atoms with Crippen molar-refractivity contribution in [3.05, 3.63) is 27.3 Å². The van der Waals surface area contributed by atoms with Crippen LogP contribution >= 0.6 is 22.6 Å². The van der Waals surface area contributed by atoms with E-state index in [1.54, 1.807) is 6.07 Å². The number of hydrogen-bond acceptors (Lipinski definition) is 4. The van der Waals surface area contributed by atoms with Crippen molar-refractivity contribution in [3.8, 4) is 0 Å². The molecule has 0 saturated carbocycles. The van der Waals surface area contributed by atoms with Gasteiger partial charge in [-0.15, -0.1) is 0 Å². The van der Waals surface area contributed by atoms with Crippen molar-refractivity contribution >= 4 is 50.2 Å². The number of carboxylic acids is 1. The Labute approximate surface area is 128 Å². The molecule has 0 spiro atoms. The van der Waals surface area contributed by atoms with E-state index < -0.39 is 21.2 Å². The maximum absolute atomic E-state index is 11.9. The van der Waals surface area contributed by atoms with Gasteiger partial charge in [0, 0.05) is 16.5 Å². The average molecular weight is 410 g/mol. The molecule has 0 aromatic heterocycles. The van der Waals surface area contributed by atoms with E-state index in [1.165, 1.54) is 17.0 Å². The summed E-state index contributed by atoms with van der Waals surface area (Å²) in [7, 11) is -3.80. The highest BCUT2D eigenvalue weighted by Gasteiger charge is 2.37. The van der Waals surface area contributed by atoms with E-state index in [4.69, 9.17) is 10.2 Å². The van der Waals surface area contributed by atoms with Crippen molar-refractivity contribution in [2.24, 2.45) is 5.14 Å². The number of carboxylic acid groups (broad SMARTS) is 1. The van der Waals surface area contributed by atoms with Crippen LogP contribution in [-0.4, -0.2) is 37.2 Å². The minimum atomic E-state index is -3.80. The van der Waals surface area contributed by atoms with Crippen LogP contribution < -0.4 is 10.0 Å². The molecule has 1 aliphatic heterocycles. The van der Waals surface area contributed by atoms with Crippen molar-refractivity contribution in [2.75, 3.05) is 11.4 Å². The lowest BCUT2D eigenvalue weighted by molar-refractivity contribution is -0.117. The Kier molecular flexibility index (Phi) is 4.02. The molecule has 0 radical (unpaired) electrons. The van der Waals surface area contributed by atoms with Crippen molar-refractivity contribution < 1.29 is 23.1 Å². The molecular formula is C11H11IN2O5S. The second-order valence-electron chi connectivity index (χ2n) is 4.39. The number of halogens is 1. The molecule has 1 heterocycles. The zero-order valence-electron chi connectivity index (χ0n) is 10.1. The highest BCUT2D eigenvalue weighted by molar-refractivity contribution is 14.1. The molecule has 1 amide bonds. The zero-order valence-corrected chi connectivity index (χ0v) is 13.1. The normalized spacial score (nSPS) is 19.4. The van der Waals surface area contributed by atoms with E-state index in [0.29, 0.717) is 9.26 Å². The third-order valence-electron chi connectivity index (χ3n) is 3.04. The summed E-state index contributed by atoms with van der Waals surface area (Å²) in [4.78, 5) is 24.2.